The zero-order valence-electron chi connectivity index (χ0n) is 14.5. The van der Waals surface area contributed by atoms with E-state index < -0.39 is 0 Å². The topological polar surface area (TPSA) is 67.9 Å². The Morgan fingerprint density at radius 1 is 1.27 bits per heavy atom. The molecular formula is C20H20N2O4. The second-order valence-electron chi connectivity index (χ2n) is 6.06. The van der Waals surface area contributed by atoms with Crippen molar-refractivity contribution < 1.29 is 19.1 Å². The largest absolute Gasteiger partial charge is 0.484 e. The van der Waals surface area contributed by atoms with Gasteiger partial charge in [0.15, 0.2) is 13.2 Å². The fraction of sp³-hybridized carbons (Fsp3) is 0.200. The van der Waals surface area contributed by atoms with Crippen LogP contribution in [0.1, 0.15) is 6.92 Å². The molecule has 0 fully saturated rings. The Labute approximate surface area is 152 Å². The van der Waals surface area contributed by atoms with Crippen LogP contribution in [0.4, 0.5) is 11.4 Å². The summed E-state index contributed by atoms with van der Waals surface area (Å²) >= 11 is 0. The first kappa shape index (κ1) is 17.5. The Balaban J connectivity index is 1.66. The van der Waals surface area contributed by atoms with Gasteiger partial charge in [-0.3, -0.25) is 9.59 Å². The molecule has 6 heteroatoms. The molecule has 1 heterocycles. The molecule has 0 radical (unpaired) electrons. The number of ether oxygens (including phenoxy) is 2. The third-order valence-corrected chi connectivity index (χ3v) is 3.73. The molecule has 0 bridgehead atoms. The molecule has 2 aromatic carbocycles. The molecule has 0 aliphatic carbocycles. The quantitative estimate of drug-likeness (QED) is 0.812. The Morgan fingerprint density at radius 2 is 2.04 bits per heavy atom. The van der Waals surface area contributed by atoms with E-state index in [0.717, 1.165) is 5.57 Å². The number of fused-ring (bicyclic) bond motifs is 1. The molecule has 0 atom stereocenters. The number of carbonyl (C=O) groups excluding carboxylic acids is 2. The van der Waals surface area contributed by atoms with Gasteiger partial charge in [-0.25, -0.2) is 0 Å². The average Bonchev–Trinajstić information content (AvgIpc) is 2.63. The van der Waals surface area contributed by atoms with Crippen LogP contribution in [0.2, 0.25) is 0 Å². The van der Waals surface area contributed by atoms with Crippen molar-refractivity contribution >= 4 is 23.2 Å². The Kier molecular flexibility index (Phi) is 5.22. The number of nitrogens with one attached hydrogen (secondary N) is 1. The van der Waals surface area contributed by atoms with Crippen LogP contribution in [0.15, 0.2) is 60.7 Å². The molecule has 1 N–H and O–H groups in total. The summed E-state index contributed by atoms with van der Waals surface area (Å²) in [5, 5.41) is 2.76. The maximum absolute atomic E-state index is 12.1. The Bertz CT molecular complexity index is 833. The molecule has 0 aromatic heterocycles. The highest BCUT2D eigenvalue weighted by Gasteiger charge is 2.25. The van der Waals surface area contributed by atoms with Crippen LogP contribution >= 0.6 is 0 Å². The summed E-state index contributed by atoms with van der Waals surface area (Å²) in [5.74, 6) is 0.783. The highest BCUT2D eigenvalue weighted by Crippen LogP contribution is 2.34. The van der Waals surface area contributed by atoms with Crippen LogP contribution in [-0.2, 0) is 9.59 Å². The number of benzene rings is 2. The van der Waals surface area contributed by atoms with Gasteiger partial charge in [-0.15, -0.1) is 0 Å². The van der Waals surface area contributed by atoms with Crippen molar-refractivity contribution in [2.24, 2.45) is 0 Å². The molecule has 134 valence electrons. The maximum Gasteiger partial charge on any atom is 0.265 e. The number of hydrogen-bond donors (Lipinski definition) is 1. The van der Waals surface area contributed by atoms with Gasteiger partial charge in [-0.05, 0) is 31.2 Å². The summed E-state index contributed by atoms with van der Waals surface area (Å²) in [6, 6.07) is 14.3. The molecule has 0 unspecified atom stereocenters. The molecule has 0 spiro atoms. The first-order chi connectivity index (χ1) is 12.5. The lowest BCUT2D eigenvalue weighted by Crippen LogP contribution is -2.39. The van der Waals surface area contributed by atoms with E-state index in [4.69, 9.17) is 9.47 Å². The van der Waals surface area contributed by atoms with Crippen molar-refractivity contribution in [3.8, 4) is 11.5 Å². The first-order valence-corrected chi connectivity index (χ1v) is 8.22. The summed E-state index contributed by atoms with van der Waals surface area (Å²) in [7, 11) is 0. The van der Waals surface area contributed by atoms with Crippen molar-refractivity contribution in [3.05, 3.63) is 60.7 Å². The van der Waals surface area contributed by atoms with Gasteiger partial charge in [0.05, 0.1) is 5.69 Å². The fourth-order valence-electron chi connectivity index (χ4n) is 2.59. The van der Waals surface area contributed by atoms with Gasteiger partial charge < -0.3 is 19.7 Å². The van der Waals surface area contributed by atoms with E-state index in [1.807, 2.05) is 25.1 Å². The number of carbonyl (C=O) groups is 2. The van der Waals surface area contributed by atoms with E-state index in [9.17, 15) is 9.59 Å². The number of nitrogens with zero attached hydrogens (tertiary/aromatic N) is 1. The smallest absolute Gasteiger partial charge is 0.265 e. The summed E-state index contributed by atoms with van der Waals surface area (Å²) in [4.78, 5) is 25.7. The van der Waals surface area contributed by atoms with E-state index in [-0.39, 0.29) is 25.0 Å². The van der Waals surface area contributed by atoms with Crippen molar-refractivity contribution in [1.29, 1.82) is 0 Å². The zero-order valence-corrected chi connectivity index (χ0v) is 14.5. The third-order valence-electron chi connectivity index (χ3n) is 3.73. The zero-order chi connectivity index (χ0) is 18.5. The van der Waals surface area contributed by atoms with Crippen molar-refractivity contribution in [3.63, 3.8) is 0 Å². The summed E-state index contributed by atoms with van der Waals surface area (Å²) in [5.41, 5.74) is 2.12. The van der Waals surface area contributed by atoms with Gasteiger partial charge in [-0.2, -0.15) is 0 Å². The lowest BCUT2D eigenvalue weighted by atomic mass is 10.2. The SMILES string of the molecule is C=C(C)CN1C(=O)COc2cc(NC(=O)COc3ccccc3)ccc21. The molecule has 1 aliphatic rings. The van der Waals surface area contributed by atoms with Crippen LogP contribution in [-0.4, -0.2) is 31.6 Å². The summed E-state index contributed by atoms with van der Waals surface area (Å²) in [6.07, 6.45) is 0. The van der Waals surface area contributed by atoms with Gasteiger partial charge in [0, 0.05) is 18.3 Å². The molecule has 6 nitrogen and oxygen atoms in total. The van der Waals surface area contributed by atoms with Crippen molar-refractivity contribution in [2.45, 2.75) is 6.92 Å². The van der Waals surface area contributed by atoms with Crippen molar-refractivity contribution in [1.82, 2.24) is 0 Å². The van der Waals surface area contributed by atoms with E-state index in [0.29, 0.717) is 29.4 Å². The standard InChI is InChI=1S/C20H20N2O4/c1-14(2)11-22-17-9-8-15(10-18(17)26-13-20(22)24)21-19(23)12-25-16-6-4-3-5-7-16/h3-10H,1,11-13H2,2H3,(H,21,23). The average molecular weight is 352 g/mol. The molecule has 2 aromatic rings. The fourth-order valence-corrected chi connectivity index (χ4v) is 2.59. The number of anilines is 2. The molecule has 2 amide bonds. The molecule has 3 rings (SSSR count). The second kappa shape index (κ2) is 7.74. The predicted molar refractivity (Wildman–Crippen MR) is 99.7 cm³/mol. The first-order valence-electron chi connectivity index (χ1n) is 8.22. The second-order valence-corrected chi connectivity index (χ2v) is 6.06. The van der Waals surface area contributed by atoms with E-state index in [1.165, 1.54) is 0 Å². The summed E-state index contributed by atoms with van der Waals surface area (Å²) < 4.78 is 10.9. The van der Waals surface area contributed by atoms with E-state index in [2.05, 4.69) is 11.9 Å². The van der Waals surface area contributed by atoms with Gasteiger partial charge in [0.1, 0.15) is 11.5 Å². The minimum atomic E-state index is -0.278. The highest BCUT2D eigenvalue weighted by atomic mass is 16.5. The minimum Gasteiger partial charge on any atom is -0.484 e. The lowest BCUT2D eigenvalue weighted by Gasteiger charge is -2.29. The van der Waals surface area contributed by atoms with Gasteiger partial charge in [0.25, 0.3) is 11.8 Å². The van der Waals surface area contributed by atoms with Gasteiger partial charge in [0.2, 0.25) is 0 Å². The molecule has 26 heavy (non-hydrogen) atoms. The number of amides is 2. The molecule has 1 aliphatic heterocycles. The van der Waals surface area contributed by atoms with Gasteiger partial charge in [-0.1, -0.05) is 30.4 Å². The Morgan fingerprint density at radius 3 is 2.77 bits per heavy atom. The molecular weight excluding hydrogens is 332 g/mol. The summed E-state index contributed by atoms with van der Waals surface area (Å²) in [6.45, 7) is 6.03. The molecule has 0 saturated carbocycles. The van der Waals surface area contributed by atoms with Gasteiger partial charge >= 0.3 is 0 Å². The van der Waals surface area contributed by atoms with Crippen LogP contribution in [0, 0.1) is 0 Å². The van der Waals surface area contributed by atoms with E-state index in [1.54, 1.807) is 35.2 Å². The lowest BCUT2D eigenvalue weighted by molar-refractivity contribution is -0.121. The van der Waals surface area contributed by atoms with Crippen LogP contribution in [0.3, 0.4) is 0 Å². The normalized spacial score (nSPS) is 12.8. The molecule has 0 saturated heterocycles. The Hall–Kier alpha value is -3.28. The number of hydrogen-bond acceptors (Lipinski definition) is 4. The predicted octanol–water partition coefficient (Wildman–Crippen LogP) is 3.01. The monoisotopic (exact) mass is 352 g/mol. The van der Waals surface area contributed by atoms with Crippen LogP contribution in [0.5, 0.6) is 11.5 Å². The van der Waals surface area contributed by atoms with Crippen LogP contribution in [0.25, 0.3) is 0 Å². The van der Waals surface area contributed by atoms with Crippen LogP contribution < -0.4 is 19.7 Å². The maximum atomic E-state index is 12.1. The number of rotatable bonds is 6. The van der Waals surface area contributed by atoms with Crippen molar-refractivity contribution in [2.75, 3.05) is 30.0 Å². The third kappa shape index (κ3) is 4.22. The highest BCUT2D eigenvalue weighted by molar-refractivity contribution is 5.99. The minimum absolute atomic E-state index is 0.0329. The van der Waals surface area contributed by atoms with E-state index >= 15 is 0 Å². The number of para-hydroxylation sites is 1.